The molecule has 0 aromatic heterocycles. The van der Waals surface area contributed by atoms with Crippen LogP contribution >= 0.6 is 0 Å². The highest BCUT2D eigenvalue weighted by Crippen LogP contribution is 2.18. The van der Waals surface area contributed by atoms with Crippen LogP contribution < -0.4 is 0 Å². The van der Waals surface area contributed by atoms with Crippen LogP contribution in [0.4, 0.5) is 0 Å². The second-order valence-electron chi connectivity index (χ2n) is 6.85. The number of benzene rings is 1. The zero-order valence-corrected chi connectivity index (χ0v) is 16.1. The molecular weight excluding hydrogens is 332 g/mol. The van der Waals surface area contributed by atoms with Gasteiger partial charge in [-0.3, -0.25) is 14.4 Å². The summed E-state index contributed by atoms with van der Waals surface area (Å²) >= 11 is 0. The Labute approximate surface area is 155 Å². The van der Waals surface area contributed by atoms with Crippen molar-refractivity contribution >= 4 is 17.8 Å². The summed E-state index contributed by atoms with van der Waals surface area (Å²) in [5.74, 6) is -0.420. The fourth-order valence-corrected chi connectivity index (χ4v) is 3.20. The predicted octanol–water partition coefficient (Wildman–Crippen LogP) is 2.24. The van der Waals surface area contributed by atoms with E-state index in [0.29, 0.717) is 26.2 Å². The lowest BCUT2D eigenvalue weighted by Crippen LogP contribution is -2.37. The van der Waals surface area contributed by atoms with E-state index in [1.165, 1.54) is 12.7 Å². The van der Waals surface area contributed by atoms with E-state index in [-0.39, 0.29) is 30.6 Å². The van der Waals surface area contributed by atoms with Gasteiger partial charge in [0.2, 0.25) is 5.91 Å². The van der Waals surface area contributed by atoms with Crippen LogP contribution in [0.3, 0.4) is 0 Å². The zero-order chi connectivity index (χ0) is 19.3. The van der Waals surface area contributed by atoms with Crippen LogP contribution in [-0.2, 0) is 14.3 Å². The van der Waals surface area contributed by atoms with Gasteiger partial charge in [-0.25, -0.2) is 0 Å². The Bertz CT molecular complexity index is 699. The Kier molecular flexibility index (Phi) is 6.77. The Balaban J connectivity index is 2.00. The number of nitrogens with zero attached hydrogens (tertiary/aromatic N) is 2. The molecule has 0 bridgehead atoms. The number of esters is 1. The molecule has 1 saturated heterocycles. The van der Waals surface area contributed by atoms with Gasteiger partial charge in [0.05, 0.1) is 13.5 Å². The van der Waals surface area contributed by atoms with E-state index in [0.717, 1.165) is 23.1 Å². The number of hydrogen-bond donors (Lipinski definition) is 0. The number of methoxy groups -OCH3 is 1. The SMILES string of the molecule is COC(=O)CCC(=O)N1CCCN(C(=O)c2cc(C)c(C)cc2C)CC1. The molecule has 0 unspecified atom stereocenters. The molecule has 142 valence electrons. The fraction of sp³-hybridized carbons (Fsp3) is 0.550. The van der Waals surface area contributed by atoms with Crippen LogP contribution in [0.15, 0.2) is 12.1 Å². The third kappa shape index (κ3) is 4.84. The van der Waals surface area contributed by atoms with Crippen molar-refractivity contribution in [1.82, 2.24) is 9.80 Å². The maximum Gasteiger partial charge on any atom is 0.306 e. The summed E-state index contributed by atoms with van der Waals surface area (Å²) in [7, 11) is 1.32. The molecule has 1 aliphatic heterocycles. The molecule has 0 aliphatic carbocycles. The van der Waals surface area contributed by atoms with E-state index in [4.69, 9.17) is 0 Å². The summed E-state index contributed by atoms with van der Waals surface area (Å²) in [5.41, 5.74) is 4.00. The largest absolute Gasteiger partial charge is 0.469 e. The molecule has 0 spiro atoms. The van der Waals surface area contributed by atoms with E-state index >= 15 is 0 Å². The molecule has 1 fully saturated rings. The minimum atomic E-state index is -0.379. The standard InChI is InChI=1S/C20H28N2O4/c1-14-12-16(3)17(13-15(14)2)20(25)22-9-5-8-21(10-11-22)18(23)6-7-19(24)26-4/h12-13H,5-11H2,1-4H3. The van der Waals surface area contributed by atoms with Crippen molar-refractivity contribution in [2.24, 2.45) is 0 Å². The van der Waals surface area contributed by atoms with Crippen molar-refractivity contribution in [3.05, 3.63) is 34.4 Å². The van der Waals surface area contributed by atoms with Gasteiger partial charge in [-0.05, 0) is 49.9 Å². The first-order chi connectivity index (χ1) is 12.3. The zero-order valence-electron chi connectivity index (χ0n) is 16.1. The monoisotopic (exact) mass is 360 g/mol. The summed E-state index contributed by atoms with van der Waals surface area (Å²) in [6.07, 6.45) is 0.979. The molecule has 26 heavy (non-hydrogen) atoms. The van der Waals surface area contributed by atoms with Crippen molar-refractivity contribution in [3.8, 4) is 0 Å². The Morgan fingerprint density at radius 2 is 1.50 bits per heavy atom. The smallest absolute Gasteiger partial charge is 0.306 e. The maximum atomic E-state index is 12.9. The van der Waals surface area contributed by atoms with Gasteiger partial charge in [0.1, 0.15) is 0 Å². The number of ether oxygens (including phenoxy) is 1. The highest BCUT2D eigenvalue weighted by Gasteiger charge is 2.24. The normalized spacial score (nSPS) is 14.8. The molecule has 0 atom stereocenters. The van der Waals surface area contributed by atoms with Gasteiger partial charge in [-0.1, -0.05) is 6.07 Å². The van der Waals surface area contributed by atoms with Crippen molar-refractivity contribution in [2.45, 2.75) is 40.0 Å². The van der Waals surface area contributed by atoms with Crippen LogP contribution in [0.1, 0.15) is 46.3 Å². The van der Waals surface area contributed by atoms with Gasteiger partial charge < -0.3 is 14.5 Å². The van der Waals surface area contributed by atoms with Gasteiger partial charge in [-0.2, -0.15) is 0 Å². The summed E-state index contributed by atoms with van der Waals surface area (Å²) in [6.45, 7) is 8.25. The van der Waals surface area contributed by atoms with E-state index in [1.54, 1.807) is 4.90 Å². The van der Waals surface area contributed by atoms with Gasteiger partial charge in [0, 0.05) is 38.2 Å². The average molecular weight is 360 g/mol. The first-order valence-electron chi connectivity index (χ1n) is 9.05. The molecule has 1 aromatic rings. The summed E-state index contributed by atoms with van der Waals surface area (Å²) in [5, 5.41) is 0. The third-order valence-electron chi connectivity index (χ3n) is 4.98. The fourth-order valence-electron chi connectivity index (χ4n) is 3.20. The molecule has 2 rings (SSSR count). The quantitative estimate of drug-likeness (QED) is 0.773. The minimum Gasteiger partial charge on any atom is -0.469 e. The summed E-state index contributed by atoms with van der Waals surface area (Å²) < 4.78 is 4.58. The Hall–Kier alpha value is -2.37. The van der Waals surface area contributed by atoms with E-state index in [1.807, 2.05) is 37.8 Å². The van der Waals surface area contributed by atoms with Crippen LogP contribution in [0.2, 0.25) is 0 Å². The van der Waals surface area contributed by atoms with Crippen LogP contribution in [0, 0.1) is 20.8 Å². The van der Waals surface area contributed by atoms with Crippen molar-refractivity contribution in [1.29, 1.82) is 0 Å². The lowest BCUT2D eigenvalue weighted by molar-refractivity contribution is -0.143. The molecule has 0 N–H and O–H groups in total. The molecule has 1 heterocycles. The van der Waals surface area contributed by atoms with Gasteiger partial charge in [0.15, 0.2) is 0 Å². The highest BCUT2D eigenvalue weighted by atomic mass is 16.5. The highest BCUT2D eigenvalue weighted by molar-refractivity contribution is 5.96. The predicted molar refractivity (Wildman–Crippen MR) is 99.0 cm³/mol. The van der Waals surface area contributed by atoms with Crippen LogP contribution in [0.25, 0.3) is 0 Å². The Morgan fingerprint density at radius 1 is 0.885 bits per heavy atom. The average Bonchev–Trinajstić information content (AvgIpc) is 2.88. The molecular formula is C20H28N2O4. The number of carbonyl (C=O) groups is 3. The second kappa shape index (κ2) is 8.83. The molecule has 6 heteroatoms. The lowest BCUT2D eigenvalue weighted by atomic mass is 10.00. The van der Waals surface area contributed by atoms with E-state index < -0.39 is 0 Å². The van der Waals surface area contributed by atoms with E-state index in [9.17, 15) is 14.4 Å². The van der Waals surface area contributed by atoms with Gasteiger partial charge in [-0.15, -0.1) is 0 Å². The molecule has 6 nitrogen and oxygen atoms in total. The van der Waals surface area contributed by atoms with Crippen LogP contribution in [0.5, 0.6) is 0 Å². The maximum absolute atomic E-state index is 12.9. The van der Waals surface area contributed by atoms with Gasteiger partial charge in [0.25, 0.3) is 5.91 Å². The molecule has 1 aliphatic rings. The minimum absolute atomic E-state index is 0.0226. The van der Waals surface area contributed by atoms with Gasteiger partial charge >= 0.3 is 5.97 Å². The first-order valence-corrected chi connectivity index (χ1v) is 9.05. The topological polar surface area (TPSA) is 66.9 Å². The Morgan fingerprint density at radius 3 is 2.19 bits per heavy atom. The molecule has 0 saturated carbocycles. The van der Waals surface area contributed by atoms with Crippen molar-refractivity contribution in [3.63, 3.8) is 0 Å². The number of carbonyl (C=O) groups excluding carboxylic acids is 3. The molecule has 1 aromatic carbocycles. The first kappa shape index (κ1) is 19.9. The number of hydrogen-bond acceptors (Lipinski definition) is 4. The van der Waals surface area contributed by atoms with Crippen molar-refractivity contribution < 1.29 is 19.1 Å². The summed E-state index contributed by atoms with van der Waals surface area (Å²) in [6, 6.07) is 4.00. The summed E-state index contributed by atoms with van der Waals surface area (Å²) in [4.78, 5) is 40.0. The number of rotatable bonds is 4. The van der Waals surface area contributed by atoms with Crippen LogP contribution in [-0.4, -0.2) is 60.9 Å². The molecule has 2 amide bonds. The second-order valence-corrected chi connectivity index (χ2v) is 6.85. The third-order valence-corrected chi connectivity index (χ3v) is 4.98. The molecule has 0 radical (unpaired) electrons. The number of aryl methyl sites for hydroxylation is 3. The van der Waals surface area contributed by atoms with Crippen molar-refractivity contribution in [2.75, 3.05) is 33.3 Å². The lowest BCUT2D eigenvalue weighted by Gasteiger charge is -2.23. The number of amides is 2. The van der Waals surface area contributed by atoms with E-state index in [2.05, 4.69) is 4.74 Å².